The summed E-state index contributed by atoms with van der Waals surface area (Å²) in [5, 5.41) is 4.19. The number of piperidine rings is 1. The lowest BCUT2D eigenvalue weighted by Crippen LogP contribution is -2.41. The van der Waals surface area contributed by atoms with Gasteiger partial charge in [0.2, 0.25) is 5.91 Å². The molecule has 2 aromatic rings. The van der Waals surface area contributed by atoms with E-state index in [0.29, 0.717) is 11.8 Å². The van der Waals surface area contributed by atoms with Crippen LogP contribution in [-0.4, -0.2) is 33.9 Å². The Morgan fingerprint density at radius 2 is 1.93 bits per heavy atom. The third-order valence-corrected chi connectivity index (χ3v) is 6.70. The first-order chi connectivity index (χ1) is 13.2. The molecule has 0 aromatic carbocycles. The van der Waals surface area contributed by atoms with E-state index in [9.17, 15) is 4.79 Å². The third-order valence-electron chi connectivity index (χ3n) is 5.87. The number of amides is 1. The molecule has 1 aliphatic heterocycles. The zero-order chi connectivity index (χ0) is 18.6. The van der Waals surface area contributed by atoms with E-state index >= 15 is 0 Å². The molecule has 2 fully saturated rings. The van der Waals surface area contributed by atoms with Gasteiger partial charge in [-0.3, -0.25) is 4.79 Å². The molecule has 144 valence electrons. The molecule has 0 bridgehead atoms. The van der Waals surface area contributed by atoms with Gasteiger partial charge in [-0.15, -0.1) is 11.3 Å². The summed E-state index contributed by atoms with van der Waals surface area (Å²) in [4.78, 5) is 24.8. The molecule has 1 amide bonds. The van der Waals surface area contributed by atoms with Crippen LogP contribution in [0.2, 0.25) is 0 Å². The smallest absolute Gasteiger partial charge is 0.225 e. The Bertz CT molecular complexity index is 776. The van der Waals surface area contributed by atoms with Crippen LogP contribution in [0.25, 0.3) is 0 Å². The zero-order valence-corrected chi connectivity index (χ0v) is 16.8. The number of hydrogen-bond donors (Lipinski definition) is 1. The zero-order valence-electron chi connectivity index (χ0n) is 16.0. The Hall–Kier alpha value is -1.95. The van der Waals surface area contributed by atoms with Crippen LogP contribution >= 0.6 is 11.3 Å². The number of likely N-dealkylation sites (tertiary alicyclic amines) is 1. The van der Waals surface area contributed by atoms with E-state index in [2.05, 4.69) is 39.2 Å². The quantitative estimate of drug-likeness (QED) is 0.816. The van der Waals surface area contributed by atoms with E-state index in [1.807, 2.05) is 12.4 Å². The minimum absolute atomic E-state index is 0.286. The van der Waals surface area contributed by atoms with Gasteiger partial charge in [0.15, 0.2) is 5.13 Å². The highest BCUT2D eigenvalue weighted by atomic mass is 32.1. The molecule has 2 aliphatic rings. The number of anilines is 2. The van der Waals surface area contributed by atoms with E-state index in [4.69, 9.17) is 0 Å². The fourth-order valence-corrected chi connectivity index (χ4v) is 5.00. The summed E-state index contributed by atoms with van der Waals surface area (Å²) in [6.45, 7) is 3.82. The second kappa shape index (κ2) is 8.38. The van der Waals surface area contributed by atoms with Crippen LogP contribution in [0.1, 0.15) is 61.3 Å². The molecule has 2 aromatic heterocycles. The van der Waals surface area contributed by atoms with Crippen LogP contribution in [0.15, 0.2) is 24.5 Å². The summed E-state index contributed by atoms with van der Waals surface area (Å²) in [5.41, 5.74) is 1.31. The molecule has 6 heteroatoms. The number of hydrogen-bond acceptors (Lipinski definition) is 5. The highest BCUT2D eigenvalue weighted by Crippen LogP contribution is 2.32. The SMILES string of the molecule is Cc1cnc(Nc2cc(C3CCN(C(=O)C4CCCCC4)CC3)ccn2)s1. The van der Waals surface area contributed by atoms with Crippen molar-refractivity contribution in [1.82, 2.24) is 14.9 Å². The van der Waals surface area contributed by atoms with Crippen molar-refractivity contribution in [2.45, 2.75) is 57.8 Å². The molecular formula is C21H28N4OS. The first-order valence-corrected chi connectivity index (χ1v) is 10.9. The normalized spacial score (nSPS) is 19.2. The van der Waals surface area contributed by atoms with E-state index in [-0.39, 0.29) is 5.92 Å². The fraction of sp³-hybridized carbons (Fsp3) is 0.571. The number of carbonyl (C=O) groups excluding carboxylic acids is 1. The van der Waals surface area contributed by atoms with E-state index < -0.39 is 0 Å². The molecule has 1 aliphatic carbocycles. The largest absolute Gasteiger partial charge is 0.342 e. The molecule has 5 nitrogen and oxygen atoms in total. The lowest BCUT2D eigenvalue weighted by molar-refractivity contribution is -0.137. The van der Waals surface area contributed by atoms with Crippen molar-refractivity contribution >= 4 is 28.2 Å². The van der Waals surface area contributed by atoms with Gasteiger partial charge in [0.25, 0.3) is 0 Å². The molecule has 27 heavy (non-hydrogen) atoms. The van der Waals surface area contributed by atoms with Crippen molar-refractivity contribution in [3.05, 3.63) is 35.0 Å². The molecule has 0 atom stereocenters. The van der Waals surface area contributed by atoms with Crippen molar-refractivity contribution < 1.29 is 4.79 Å². The van der Waals surface area contributed by atoms with Gasteiger partial charge in [0.1, 0.15) is 5.82 Å². The molecule has 1 saturated carbocycles. The Balaban J connectivity index is 1.35. The number of nitrogens with one attached hydrogen (secondary N) is 1. The summed E-state index contributed by atoms with van der Waals surface area (Å²) in [6, 6.07) is 4.25. The summed E-state index contributed by atoms with van der Waals surface area (Å²) >= 11 is 1.63. The average molecular weight is 385 g/mol. The maximum absolute atomic E-state index is 12.8. The van der Waals surface area contributed by atoms with Gasteiger partial charge in [-0.05, 0) is 56.2 Å². The first-order valence-electron chi connectivity index (χ1n) is 10.1. The predicted octanol–water partition coefficient (Wildman–Crippen LogP) is 4.88. The molecule has 4 rings (SSSR count). The number of aryl methyl sites for hydroxylation is 1. The molecule has 0 unspecified atom stereocenters. The Morgan fingerprint density at radius 1 is 1.15 bits per heavy atom. The Labute approximate surface area is 165 Å². The summed E-state index contributed by atoms with van der Waals surface area (Å²) < 4.78 is 0. The summed E-state index contributed by atoms with van der Waals surface area (Å²) in [5.74, 6) is 2.04. The van der Waals surface area contributed by atoms with Crippen molar-refractivity contribution in [2.75, 3.05) is 18.4 Å². The standard InChI is InChI=1S/C21H28N4OS/c1-15-14-23-21(27-15)24-19-13-18(7-10-22-19)16-8-11-25(12-9-16)20(26)17-5-3-2-4-6-17/h7,10,13-14,16-17H,2-6,8-9,11-12H2,1H3,(H,22,23,24). The molecule has 0 spiro atoms. The maximum Gasteiger partial charge on any atom is 0.225 e. The van der Waals surface area contributed by atoms with Gasteiger partial charge in [-0.2, -0.15) is 0 Å². The van der Waals surface area contributed by atoms with Crippen molar-refractivity contribution in [1.29, 1.82) is 0 Å². The number of carbonyl (C=O) groups is 1. The second-order valence-corrected chi connectivity index (χ2v) is 9.04. The Morgan fingerprint density at radius 3 is 2.63 bits per heavy atom. The Kier molecular flexibility index (Phi) is 5.72. The minimum Gasteiger partial charge on any atom is -0.342 e. The molecule has 1 N–H and O–H groups in total. The van der Waals surface area contributed by atoms with E-state index in [1.165, 1.54) is 29.7 Å². The van der Waals surface area contributed by atoms with E-state index in [0.717, 1.165) is 49.7 Å². The molecule has 1 saturated heterocycles. The topological polar surface area (TPSA) is 58.1 Å². The van der Waals surface area contributed by atoms with Crippen molar-refractivity contribution in [3.8, 4) is 0 Å². The number of pyridine rings is 1. The second-order valence-electron chi connectivity index (χ2n) is 7.81. The fourth-order valence-electron chi connectivity index (χ4n) is 4.33. The van der Waals surface area contributed by atoms with Crippen molar-refractivity contribution in [2.24, 2.45) is 5.92 Å². The lowest BCUT2D eigenvalue weighted by Gasteiger charge is -2.35. The van der Waals surface area contributed by atoms with Gasteiger partial charge in [-0.25, -0.2) is 9.97 Å². The molecular weight excluding hydrogens is 356 g/mol. The van der Waals surface area contributed by atoms with Crippen LogP contribution < -0.4 is 5.32 Å². The first kappa shape index (κ1) is 18.4. The van der Waals surface area contributed by atoms with Crippen LogP contribution in [0.3, 0.4) is 0 Å². The van der Waals surface area contributed by atoms with Gasteiger partial charge in [0.05, 0.1) is 0 Å². The van der Waals surface area contributed by atoms with Crippen LogP contribution in [0, 0.1) is 12.8 Å². The predicted molar refractivity (Wildman–Crippen MR) is 110 cm³/mol. The van der Waals surface area contributed by atoms with Gasteiger partial charge < -0.3 is 10.2 Å². The highest BCUT2D eigenvalue weighted by Gasteiger charge is 2.29. The monoisotopic (exact) mass is 384 g/mol. The van der Waals surface area contributed by atoms with Crippen LogP contribution in [-0.2, 0) is 4.79 Å². The molecule has 0 radical (unpaired) electrons. The van der Waals surface area contributed by atoms with Crippen LogP contribution in [0.4, 0.5) is 10.9 Å². The number of nitrogens with zero attached hydrogens (tertiary/aromatic N) is 3. The van der Waals surface area contributed by atoms with Crippen LogP contribution in [0.5, 0.6) is 0 Å². The minimum atomic E-state index is 0.286. The van der Waals surface area contributed by atoms with Gasteiger partial charge >= 0.3 is 0 Å². The number of rotatable bonds is 4. The highest BCUT2D eigenvalue weighted by molar-refractivity contribution is 7.15. The summed E-state index contributed by atoms with van der Waals surface area (Å²) in [6.07, 6.45) is 11.7. The number of aromatic nitrogens is 2. The van der Waals surface area contributed by atoms with Gasteiger partial charge in [0, 0.05) is 36.3 Å². The van der Waals surface area contributed by atoms with E-state index in [1.54, 1.807) is 11.3 Å². The molecule has 3 heterocycles. The summed E-state index contributed by atoms with van der Waals surface area (Å²) in [7, 11) is 0. The third kappa shape index (κ3) is 4.49. The lowest BCUT2D eigenvalue weighted by atomic mass is 9.86. The van der Waals surface area contributed by atoms with Crippen molar-refractivity contribution in [3.63, 3.8) is 0 Å². The number of thiazole rings is 1. The maximum atomic E-state index is 12.8. The van der Waals surface area contributed by atoms with Gasteiger partial charge in [-0.1, -0.05) is 19.3 Å². The average Bonchev–Trinajstić information content (AvgIpc) is 3.13.